The molecule has 1 fully saturated rings. The van der Waals surface area contributed by atoms with Crippen LogP contribution in [0.1, 0.15) is 39.2 Å². The first-order valence-corrected chi connectivity index (χ1v) is 10.9. The van der Waals surface area contributed by atoms with Crippen LogP contribution < -0.4 is 4.74 Å². The normalized spacial score (nSPS) is 15.2. The monoisotopic (exact) mass is 418 g/mol. The molecule has 1 aliphatic heterocycles. The lowest BCUT2D eigenvalue weighted by Gasteiger charge is -2.33. The van der Waals surface area contributed by atoms with E-state index in [0.29, 0.717) is 13.1 Å². The smallest absolute Gasteiger partial charge is 0.410 e. The molecule has 1 aliphatic rings. The summed E-state index contributed by atoms with van der Waals surface area (Å²) in [6.07, 6.45) is 5.28. The molecule has 1 aromatic heterocycles. The van der Waals surface area contributed by atoms with Crippen molar-refractivity contribution >= 4 is 16.9 Å². The Morgan fingerprint density at radius 3 is 2.35 bits per heavy atom. The Kier molecular flexibility index (Phi) is 5.86. The molecule has 0 atom stereocenters. The van der Waals surface area contributed by atoms with E-state index in [9.17, 15) is 4.79 Å². The number of pyridine rings is 1. The maximum atomic E-state index is 12.2. The quantitative estimate of drug-likeness (QED) is 0.524. The Hall–Kier alpha value is -3.08. The van der Waals surface area contributed by atoms with Crippen LogP contribution in [0.25, 0.3) is 21.9 Å². The predicted octanol–water partition coefficient (Wildman–Crippen LogP) is 5.99. The second-order valence-corrected chi connectivity index (χ2v) is 9.20. The molecule has 0 unspecified atom stereocenters. The predicted molar refractivity (Wildman–Crippen MR) is 123 cm³/mol. The van der Waals surface area contributed by atoms with Gasteiger partial charge in [-0.3, -0.25) is 4.98 Å². The van der Waals surface area contributed by atoms with Crippen LogP contribution in [-0.4, -0.2) is 40.8 Å². The first-order valence-electron chi connectivity index (χ1n) is 10.9. The van der Waals surface area contributed by atoms with Crippen molar-refractivity contribution in [2.75, 3.05) is 13.1 Å². The molecule has 0 saturated carbocycles. The minimum atomic E-state index is -0.465. The zero-order valence-corrected chi connectivity index (χ0v) is 18.7. The van der Waals surface area contributed by atoms with E-state index in [0.717, 1.165) is 29.5 Å². The Morgan fingerprint density at radius 1 is 1.00 bits per heavy atom. The van der Waals surface area contributed by atoms with E-state index >= 15 is 0 Å². The van der Waals surface area contributed by atoms with Crippen molar-refractivity contribution in [3.05, 3.63) is 60.4 Å². The summed E-state index contributed by atoms with van der Waals surface area (Å²) >= 11 is 0. The molecular weight excluding hydrogens is 388 g/mol. The molecule has 0 radical (unpaired) electrons. The van der Waals surface area contributed by atoms with Gasteiger partial charge in [-0.2, -0.15) is 0 Å². The molecule has 2 aromatic carbocycles. The highest BCUT2D eigenvalue weighted by Crippen LogP contribution is 2.28. The largest absolute Gasteiger partial charge is 0.490 e. The molecule has 4 rings (SSSR count). The van der Waals surface area contributed by atoms with E-state index < -0.39 is 5.60 Å². The number of aryl methyl sites for hydroxylation is 1. The molecule has 0 bridgehead atoms. The Labute approximate surface area is 184 Å². The average Bonchev–Trinajstić information content (AvgIpc) is 2.74. The van der Waals surface area contributed by atoms with Gasteiger partial charge < -0.3 is 14.4 Å². The van der Waals surface area contributed by atoms with Gasteiger partial charge in [0.25, 0.3) is 0 Å². The van der Waals surface area contributed by atoms with Crippen molar-refractivity contribution in [1.29, 1.82) is 0 Å². The molecule has 1 amide bonds. The number of aromatic nitrogens is 1. The number of piperidine rings is 1. The van der Waals surface area contributed by atoms with Gasteiger partial charge in [0, 0.05) is 43.7 Å². The van der Waals surface area contributed by atoms with Crippen molar-refractivity contribution < 1.29 is 14.3 Å². The van der Waals surface area contributed by atoms with Crippen LogP contribution in [0.2, 0.25) is 0 Å². The van der Waals surface area contributed by atoms with Gasteiger partial charge in [-0.05, 0) is 68.0 Å². The third-order valence-corrected chi connectivity index (χ3v) is 5.54. The molecule has 0 N–H and O–H groups in total. The van der Waals surface area contributed by atoms with Crippen LogP contribution in [0, 0.1) is 6.92 Å². The van der Waals surface area contributed by atoms with Crippen molar-refractivity contribution in [2.45, 2.75) is 52.2 Å². The first kappa shape index (κ1) is 21.2. The van der Waals surface area contributed by atoms with E-state index in [-0.39, 0.29) is 12.2 Å². The van der Waals surface area contributed by atoms with E-state index in [1.807, 2.05) is 45.3 Å². The molecule has 0 spiro atoms. The lowest BCUT2D eigenvalue weighted by atomic mass is 10.0. The van der Waals surface area contributed by atoms with Crippen LogP contribution in [0.3, 0.4) is 0 Å². The number of benzene rings is 2. The highest BCUT2D eigenvalue weighted by Gasteiger charge is 2.27. The van der Waals surface area contributed by atoms with E-state index in [1.54, 1.807) is 4.90 Å². The van der Waals surface area contributed by atoms with Crippen LogP contribution in [-0.2, 0) is 4.74 Å². The molecule has 5 heteroatoms. The van der Waals surface area contributed by atoms with Gasteiger partial charge in [-0.15, -0.1) is 0 Å². The number of nitrogens with zero attached hydrogens (tertiary/aromatic N) is 2. The van der Waals surface area contributed by atoms with Crippen LogP contribution >= 0.6 is 0 Å². The third-order valence-electron chi connectivity index (χ3n) is 5.54. The topological polar surface area (TPSA) is 51.7 Å². The molecule has 162 valence electrons. The Balaban J connectivity index is 1.37. The number of ether oxygens (including phenoxy) is 2. The summed E-state index contributed by atoms with van der Waals surface area (Å²) in [6.45, 7) is 9.07. The lowest BCUT2D eigenvalue weighted by molar-refractivity contribution is 0.0126. The van der Waals surface area contributed by atoms with E-state index in [4.69, 9.17) is 9.47 Å². The molecule has 1 saturated heterocycles. The van der Waals surface area contributed by atoms with E-state index in [2.05, 4.69) is 42.2 Å². The van der Waals surface area contributed by atoms with Crippen molar-refractivity contribution in [3.63, 3.8) is 0 Å². The van der Waals surface area contributed by atoms with Crippen molar-refractivity contribution in [2.24, 2.45) is 0 Å². The second-order valence-electron chi connectivity index (χ2n) is 9.20. The minimum absolute atomic E-state index is 0.111. The number of carbonyl (C=O) groups is 1. The summed E-state index contributed by atoms with van der Waals surface area (Å²) in [7, 11) is 0. The second kappa shape index (κ2) is 8.58. The van der Waals surface area contributed by atoms with Crippen LogP contribution in [0.5, 0.6) is 5.75 Å². The summed E-state index contributed by atoms with van der Waals surface area (Å²) in [5.74, 6) is 0.862. The maximum absolute atomic E-state index is 12.2. The van der Waals surface area contributed by atoms with Gasteiger partial charge in [-0.25, -0.2) is 4.79 Å². The van der Waals surface area contributed by atoms with Crippen LogP contribution in [0.4, 0.5) is 4.79 Å². The molecule has 5 nitrogen and oxygen atoms in total. The molecule has 3 aromatic rings. The van der Waals surface area contributed by atoms with Gasteiger partial charge in [0.2, 0.25) is 0 Å². The fraction of sp³-hybridized carbons (Fsp3) is 0.385. The zero-order valence-electron chi connectivity index (χ0n) is 18.7. The summed E-state index contributed by atoms with van der Waals surface area (Å²) < 4.78 is 11.6. The number of amides is 1. The Bertz CT molecular complexity index is 1060. The fourth-order valence-corrected chi connectivity index (χ4v) is 3.89. The summed E-state index contributed by atoms with van der Waals surface area (Å²) in [4.78, 5) is 18.2. The highest BCUT2D eigenvalue weighted by atomic mass is 16.6. The standard InChI is InChI=1S/C26H30N2O3/c1-18-16-27-17-21-6-5-20(15-24(18)21)19-7-9-22(10-8-19)30-23-11-13-28(14-12-23)25(29)31-26(2,3)4/h5-10,15-17,23H,11-14H2,1-4H3. The number of hydrogen-bond acceptors (Lipinski definition) is 4. The number of fused-ring (bicyclic) bond motifs is 1. The van der Waals surface area contributed by atoms with Gasteiger partial charge in [0.1, 0.15) is 17.5 Å². The maximum Gasteiger partial charge on any atom is 0.410 e. The van der Waals surface area contributed by atoms with Crippen molar-refractivity contribution in [3.8, 4) is 16.9 Å². The SMILES string of the molecule is Cc1cncc2ccc(-c3ccc(OC4CCN(C(=O)OC(C)(C)C)CC4)cc3)cc12. The lowest BCUT2D eigenvalue weighted by Crippen LogP contribution is -2.44. The van der Waals surface area contributed by atoms with Gasteiger partial charge in [0.15, 0.2) is 0 Å². The summed E-state index contributed by atoms with van der Waals surface area (Å²) in [5.41, 5.74) is 3.05. The highest BCUT2D eigenvalue weighted by molar-refractivity contribution is 5.89. The van der Waals surface area contributed by atoms with Crippen molar-refractivity contribution in [1.82, 2.24) is 9.88 Å². The van der Waals surface area contributed by atoms with E-state index in [1.165, 1.54) is 16.5 Å². The Morgan fingerprint density at radius 2 is 1.68 bits per heavy atom. The third kappa shape index (κ3) is 5.16. The number of rotatable bonds is 3. The summed E-state index contributed by atoms with van der Waals surface area (Å²) in [5, 5.41) is 2.38. The summed E-state index contributed by atoms with van der Waals surface area (Å²) in [6, 6.07) is 14.7. The molecule has 2 heterocycles. The first-order chi connectivity index (χ1) is 14.8. The average molecular weight is 419 g/mol. The van der Waals surface area contributed by atoms with Gasteiger partial charge >= 0.3 is 6.09 Å². The zero-order chi connectivity index (χ0) is 22.0. The van der Waals surface area contributed by atoms with Gasteiger partial charge in [-0.1, -0.05) is 24.3 Å². The number of hydrogen-bond donors (Lipinski definition) is 0. The molecule has 0 aliphatic carbocycles. The molecular formula is C26H30N2O3. The minimum Gasteiger partial charge on any atom is -0.490 e. The number of likely N-dealkylation sites (tertiary alicyclic amines) is 1. The number of carbonyl (C=O) groups excluding carboxylic acids is 1. The van der Waals surface area contributed by atoms with Gasteiger partial charge in [0.05, 0.1) is 0 Å². The molecule has 31 heavy (non-hydrogen) atoms. The van der Waals surface area contributed by atoms with Crippen LogP contribution in [0.15, 0.2) is 54.9 Å². The fourth-order valence-electron chi connectivity index (χ4n) is 3.89.